The number of hydrogen-bond donors (Lipinski definition) is 0. The van der Waals surface area contributed by atoms with Crippen molar-refractivity contribution in [3.8, 4) is 11.4 Å². The van der Waals surface area contributed by atoms with Crippen molar-refractivity contribution in [2.45, 2.75) is 13.1 Å². The summed E-state index contributed by atoms with van der Waals surface area (Å²) in [6.45, 7) is 3.66. The van der Waals surface area contributed by atoms with Gasteiger partial charge in [0.1, 0.15) is 17.2 Å². The fraction of sp³-hybridized carbons (Fsp3) is 0.261. The van der Waals surface area contributed by atoms with Crippen LogP contribution in [0.25, 0.3) is 11.4 Å². The predicted octanol–water partition coefficient (Wildman–Crippen LogP) is 3.53. The Morgan fingerprint density at radius 2 is 1.71 bits per heavy atom. The Morgan fingerprint density at radius 1 is 0.968 bits per heavy atom. The third-order valence-electron chi connectivity index (χ3n) is 5.58. The summed E-state index contributed by atoms with van der Waals surface area (Å²) in [7, 11) is 0. The minimum Gasteiger partial charge on any atom is -0.378 e. The van der Waals surface area contributed by atoms with Crippen LogP contribution < -0.4 is 4.90 Å². The van der Waals surface area contributed by atoms with Crippen LogP contribution in [0.15, 0.2) is 59.8 Å². The Balaban J connectivity index is 1.54. The van der Waals surface area contributed by atoms with Crippen LogP contribution in [-0.4, -0.2) is 47.1 Å². The average Bonchev–Trinajstić information content (AvgIpc) is 3.15. The maximum atomic E-state index is 13.3. The lowest BCUT2D eigenvalue weighted by Crippen LogP contribution is -2.37. The van der Waals surface area contributed by atoms with Crippen LogP contribution in [0.1, 0.15) is 21.6 Å². The minimum absolute atomic E-state index is 0.0943. The third kappa shape index (κ3) is 3.77. The molecule has 0 aliphatic carbocycles. The number of carbonyl (C=O) groups excluding carboxylic acids is 1. The summed E-state index contributed by atoms with van der Waals surface area (Å²) in [5, 5.41) is 2.94. The van der Waals surface area contributed by atoms with Crippen LogP contribution in [-0.2, 0) is 17.8 Å². The number of ether oxygens (including phenoxy) is 1. The first-order chi connectivity index (χ1) is 15.2. The first kappa shape index (κ1) is 19.3. The molecule has 3 heterocycles. The van der Waals surface area contributed by atoms with E-state index in [1.807, 2.05) is 35.2 Å². The van der Waals surface area contributed by atoms with E-state index >= 15 is 0 Å². The topological polar surface area (TPSA) is 88.0 Å². The van der Waals surface area contributed by atoms with Crippen LogP contribution in [0.2, 0.25) is 0 Å². The van der Waals surface area contributed by atoms with Crippen molar-refractivity contribution in [3.63, 3.8) is 0 Å². The Bertz CT molecular complexity index is 1110. The van der Waals surface area contributed by atoms with E-state index in [0.717, 1.165) is 22.5 Å². The number of anilines is 1. The molecule has 0 unspecified atom stereocenters. The smallest absolute Gasteiger partial charge is 0.273 e. The largest absolute Gasteiger partial charge is 0.378 e. The molecule has 31 heavy (non-hydrogen) atoms. The zero-order valence-electron chi connectivity index (χ0n) is 16.9. The Kier molecular flexibility index (Phi) is 5.13. The van der Waals surface area contributed by atoms with Gasteiger partial charge in [0.05, 0.1) is 19.8 Å². The van der Waals surface area contributed by atoms with Gasteiger partial charge in [-0.2, -0.15) is 0 Å². The second kappa shape index (κ2) is 8.23. The van der Waals surface area contributed by atoms with E-state index in [1.165, 1.54) is 0 Å². The number of rotatable bonds is 5. The van der Waals surface area contributed by atoms with Crippen molar-refractivity contribution in [1.82, 2.24) is 14.9 Å². The van der Waals surface area contributed by atoms with Gasteiger partial charge in [0.15, 0.2) is 5.82 Å². The van der Waals surface area contributed by atoms with Crippen LogP contribution in [0, 0.1) is 4.91 Å². The van der Waals surface area contributed by atoms with Gasteiger partial charge in [0.25, 0.3) is 5.91 Å². The zero-order valence-corrected chi connectivity index (χ0v) is 16.9. The van der Waals surface area contributed by atoms with E-state index in [2.05, 4.69) is 15.1 Å². The first-order valence-corrected chi connectivity index (χ1v) is 10.2. The standard InChI is InChI=1S/C23H21N5O3/c29-23-20-19(15-28(23)14-16-4-2-1-3-5-16)22(27-10-12-31-13-11-27)25-21(24-20)17-6-8-18(26-30)9-7-17/h1-9H,10-15H2. The number of morpholine rings is 1. The van der Waals surface area contributed by atoms with Crippen LogP contribution in [0.4, 0.5) is 11.5 Å². The summed E-state index contributed by atoms with van der Waals surface area (Å²) in [5.41, 5.74) is 3.45. The minimum atomic E-state index is -0.0943. The highest BCUT2D eigenvalue weighted by molar-refractivity contribution is 5.98. The molecule has 2 aromatic carbocycles. The van der Waals surface area contributed by atoms with E-state index in [4.69, 9.17) is 9.72 Å². The van der Waals surface area contributed by atoms with Crippen molar-refractivity contribution < 1.29 is 9.53 Å². The molecule has 0 radical (unpaired) electrons. The van der Waals surface area contributed by atoms with E-state index in [0.29, 0.717) is 56.6 Å². The summed E-state index contributed by atoms with van der Waals surface area (Å²) in [4.78, 5) is 37.5. The highest BCUT2D eigenvalue weighted by atomic mass is 16.5. The van der Waals surface area contributed by atoms with Gasteiger partial charge in [-0.1, -0.05) is 30.3 Å². The van der Waals surface area contributed by atoms with E-state index in [-0.39, 0.29) is 5.91 Å². The van der Waals surface area contributed by atoms with Crippen LogP contribution >= 0.6 is 0 Å². The number of carbonyl (C=O) groups is 1. The Morgan fingerprint density at radius 3 is 2.42 bits per heavy atom. The molecule has 156 valence electrons. The Hall–Kier alpha value is -3.65. The van der Waals surface area contributed by atoms with Gasteiger partial charge >= 0.3 is 0 Å². The molecule has 1 saturated heterocycles. The number of nitroso groups, excluding NO2 is 1. The van der Waals surface area contributed by atoms with Crippen molar-refractivity contribution in [2.75, 3.05) is 31.2 Å². The quantitative estimate of drug-likeness (QED) is 0.593. The third-order valence-corrected chi connectivity index (χ3v) is 5.58. The van der Waals surface area contributed by atoms with Gasteiger partial charge in [-0.15, -0.1) is 4.91 Å². The van der Waals surface area contributed by atoms with Gasteiger partial charge in [-0.3, -0.25) is 4.79 Å². The molecule has 3 aromatic rings. The molecule has 5 rings (SSSR count). The normalized spacial score (nSPS) is 15.8. The van der Waals surface area contributed by atoms with Gasteiger partial charge in [0.2, 0.25) is 0 Å². The fourth-order valence-corrected chi connectivity index (χ4v) is 3.98. The summed E-state index contributed by atoms with van der Waals surface area (Å²) >= 11 is 0. The monoisotopic (exact) mass is 415 g/mol. The molecular formula is C23H21N5O3. The molecule has 1 amide bonds. The lowest BCUT2D eigenvalue weighted by atomic mass is 10.1. The van der Waals surface area contributed by atoms with E-state index in [1.54, 1.807) is 24.3 Å². The zero-order chi connectivity index (χ0) is 21.2. The van der Waals surface area contributed by atoms with Gasteiger partial charge in [-0.05, 0) is 35.0 Å². The first-order valence-electron chi connectivity index (χ1n) is 10.2. The van der Waals surface area contributed by atoms with E-state index < -0.39 is 0 Å². The lowest BCUT2D eigenvalue weighted by molar-refractivity contribution is 0.0762. The molecule has 1 aromatic heterocycles. The van der Waals surface area contributed by atoms with E-state index in [9.17, 15) is 9.70 Å². The second-order valence-corrected chi connectivity index (χ2v) is 7.58. The van der Waals surface area contributed by atoms with Crippen molar-refractivity contribution >= 4 is 17.4 Å². The molecule has 0 saturated carbocycles. The predicted molar refractivity (Wildman–Crippen MR) is 116 cm³/mol. The maximum Gasteiger partial charge on any atom is 0.273 e. The molecule has 8 nitrogen and oxygen atoms in total. The number of hydrogen-bond acceptors (Lipinski definition) is 7. The summed E-state index contributed by atoms with van der Waals surface area (Å²) < 4.78 is 5.50. The van der Waals surface area contributed by atoms with Gasteiger partial charge in [-0.25, -0.2) is 9.97 Å². The lowest BCUT2D eigenvalue weighted by Gasteiger charge is -2.29. The van der Waals surface area contributed by atoms with Crippen molar-refractivity contribution in [2.24, 2.45) is 5.18 Å². The highest BCUT2D eigenvalue weighted by Gasteiger charge is 2.34. The summed E-state index contributed by atoms with van der Waals surface area (Å²) in [5.74, 6) is 1.15. The van der Waals surface area contributed by atoms with Crippen molar-refractivity contribution in [3.05, 3.63) is 76.3 Å². The van der Waals surface area contributed by atoms with Crippen LogP contribution in [0.5, 0.6) is 0 Å². The summed E-state index contributed by atoms with van der Waals surface area (Å²) in [6, 6.07) is 16.7. The van der Waals surface area contributed by atoms with Gasteiger partial charge < -0.3 is 14.5 Å². The second-order valence-electron chi connectivity index (χ2n) is 7.58. The molecule has 8 heteroatoms. The van der Waals surface area contributed by atoms with Gasteiger partial charge in [0, 0.05) is 30.8 Å². The molecule has 2 aliphatic rings. The van der Waals surface area contributed by atoms with Crippen LogP contribution in [0.3, 0.4) is 0 Å². The summed E-state index contributed by atoms with van der Waals surface area (Å²) in [6.07, 6.45) is 0. The molecule has 0 bridgehead atoms. The number of aromatic nitrogens is 2. The molecule has 1 fully saturated rings. The number of amides is 1. The SMILES string of the molecule is O=Nc1ccc(-c2nc3c(c(N4CCOCC4)n2)CN(Cc2ccccc2)C3=O)cc1. The molecule has 0 atom stereocenters. The maximum absolute atomic E-state index is 13.3. The number of benzene rings is 2. The Labute approximate surface area is 179 Å². The highest BCUT2D eigenvalue weighted by Crippen LogP contribution is 2.33. The number of fused-ring (bicyclic) bond motifs is 1. The van der Waals surface area contributed by atoms with Crippen molar-refractivity contribution in [1.29, 1.82) is 0 Å². The number of nitrogens with zero attached hydrogens (tertiary/aromatic N) is 5. The fourth-order valence-electron chi connectivity index (χ4n) is 3.98. The average molecular weight is 415 g/mol. The molecule has 0 spiro atoms. The molecular weight excluding hydrogens is 394 g/mol. The molecule has 2 aliphatic heterocycles. The molecule has 0 N–H and O–H groups in total.